The molecule has 1 aliphatic rings. The van der Waals surface area contributed by atoms with Gasteiger partial charge in [-0.15, -0.1) is 0 Å². The van der Waals surface area contributed by atoms with Gasteiger partial charge >= 0.3 is 29.7 Å². The normalized spacial score (nSPS) is 29.9. The van der Waals surface area contributed by atoms with Crippen LogP contribution >= 0.6 is 22.6 Å². The van der Waals surface area contributed by atoms with Gasteiger partial charge in [-0.05, 0) is 0 Å². The molecular formula is C8H4F9IO2. The van der Waals surface area contributed by atoms with Gasteiger partial charge in [0, 0.05) is 6.42 Å². The first-order valence-corrected chi connectivity index (χ1v) is 5.89. The molecule has 1 rings (SSSR count). The fourth-order valence-corrected chi connectivity index (χ4v) is 2.29. The Morgan fingerprint density at radius 1 is 0.850 bits per heavy atom. The highest BCUT2D eigenvalue weighted by Gasteiger charge is 3.00. The molecule has 0 heterocycles. The lowest BCUT2D eigenvalue weighted by molar-refractivity contribution is -0.303. The topological polar surface area (TPSA) is 37.3 Å². The Morgan fingerprint density at radius 3 is 1.40 bits per heavy atom. The number of aliphatic carboxylic acids is 1. The molecule has 1 fully saturated rings. The fourth-order valence-electron chi connectivity index (χ4n) is 1.68. The van der Waals surface area contributed by atoms with Crippen molar-refractivity contribution in [2.75, 3.05) is 0 Å². The van der Waals surface area contributed by atoms with Crippen molar-refractivity contribution >= 4 is 28.6 Å². The van der Waals surface area contributed by atoms with Crippen LogP contribution in [0.3, 0.4) is 0 Å². The molecule has 0 aliphatic heterocycles. The van der Waals surface area contributed by atoms with E-state index in [1.807, 2.05) is 0 Å². The molecule has 0 aromatic rings. The van der Waals surface area contributed by atoms with Gasteiger partial charge in [-0.1, -0.05) is 22.6 Å². The first-order chi connectivity index (χ1) is 8.58. The van der Waals surface area contributed by atoms with Crippen molar-refractivity contribution in [3.63, 3.8) is 0 Å². The zero-order valence-electron chi connectivity index (χ0n) is 8.92. The summed E-state index contributed by atoms with van der Waals surface area (Å²) < 4.78 is 115. The number of carbonyl (C=O) groups is 1. The van der Waals surface area contributed by atoms with E-state index in [4.69, 9.17) is 5.11 Å². The predicted octanol–water partition coefficient (Wildman–Crippen LogP) is 3.53. The molecule has 1 N–H and O–H groups in total. The van der Waals surface area contributed by atoms with E-state index in [2.05, 4.69) is 0 Å². The first-order valence-electron chi connectivity index (χ1n) is 4.65. The zero-order valence-corrected chi connectivity index (χ0v) is 11.1. The number of hydrogen-bond acceptors (Lipinski definition) is 1. The quantitative estimate of drug-likeness (QED) is 0.423. The smallest absolute Gasteiger partial charge is 0.381 e. The van der Waals surface area contributed by atoms with Crippen molar-refractivity contribution in [2.24, 2.45) is 0 Å². The van der Waals surface area contributed by atoms with Gasteiger partial charge in [0.1, 0.15) is 3.92 Å². The molecule has 0 radical (unpaired) electrons. The van der Waals surface area contributed by atoms with Crippen molar-refractivity contribution < 1.29 is 49.4 Å². The van der Waals surface area contributed by atoms with Crippen molar-refractivity contribution in [2.45, 2.75) is 39.7 Å². The Balaban J connectivity index is 3.48. The average Bonchev–Trinajstić information content (AvgIpc) is 2.30. The minimum atomic E-state index is -6.66. The van der Waals surface area contributed by atoms with E-state index in [0.717, 1.165) is 0 Å². The standard InChI is InChI=1S/C8H4F9IO2/c9-4(1-2(18)3(19)20)5(10,11)7(14,15)8(16,17)6(4,12)13/h2H,1H2,(H,19,20). The van der Waals surface area contributed by atoms with Gasteiger partial charge in [-0.25, -0.2) is 4.39 Å². The number of hydrogen-bond donors (Lipinski definition) is 1. The van der Waals surface area contributed by atoms with E-state index in [0.29, 0.717) is 22.6 Å². The van der Waals surface area contributed by atoms with Crippen LogP contribution in [0.25, 0.3) is 0 Å². The van der Waals surface area contributed by atoms with E-state index in [-0.39, 0.29) is 0 Å². The van der Waals surface area contributed by atoms with Crippen molar-refractivity contribution in [3.05, 3.63) is 0 Å². The second-order valence-corrected chi connectivity index (χ2v) is 5.61. The second kappa shape index (κ2) is 4.29. The highest BCUT2D eigenvalue weighted by Crippen LogP contribution is 2.70. The largest absolute Gasteiger partial charge is 0.480 e. The minimum Gasteiger partial charge on any atom is -0.480 e. The van der Waals surface area contributed by atoms with Gasteiger partial charge < -0.3 is 5.11 Å². The Hall–Kier alpha value is -0.430. The lowest BCUT2D eigenvalue weighted by Crippen LogP contribution is -2.56. The van der Waals surface area contributed by atoms with Crippen LogP contribution in [-0.4, -0.2) is 44.4 Å². The van der Waals surface area contributed by atoms with Crippen LogP contribution in [0.5, 0.6) is 0 Å². The molecule has 20 heavy (non-hydrogen) atoms. The van der Waals surface area contributed by atoms with E-state index >= 15 is 0 Å². The molecule has 1 unspecified atom stereocenters. The maximum absolute atomic E-state index is 13.7. The summed E-state index contributed by atoms with van der Waals surface area (Å²) in [4.78, 5) is 10.3. The Bertz CT molecular complexity index is 410. The molecular weight excluding hydrogens is 426 g/mol. The Labute approximate surface area is 118 Å². The summed E-state index contributed by atoms with van der Waals surface area (Å²) in [5.41, 5.74) is -5.70. The Morgan fingerprint density at radius 2 is 1.15 bits per heavy atom. The lowest BCUT2D eigenvalue weighted by Gasteiger charge is -2.31. The van der Waals surface area contributed by atoms with Crippen molar-refractivity contribution in [3.8, 4) is 0 Å². The van der Waals surface area contributed by atoms with Crippen LogP contribution in [0.4, 0.5) is 39.5 Å². The molecule has 1 atom stereocenters. The number of carboxylic acids is 1. The minimum absolute atomic E-state index is 0.692. The van der Waals surface area contributed by atoms with E-state index < -0.39 is 45.7 Å². The van der Waals surface area contributed by atoms with E-state index in [9.17, 15) is 44.3 Å². The summed E-state index contributed by atoms with van der Waals surface area (Å²) in [6, 6.07) is 0. The molecule has 0 aromatic heterocycles. The number of rotatable bonds is 3. The van der Waals surface area contributed by atoms with E-state index in [1.165, 1.54) is 0 Å². The highest BCUT2D eigenvalue weighted by atomic mass is 127. The van der Waals surface area contributed by atoms with Crippen LogP contribution in [-0.2, 0) is 4.79 Å². The SMILES string of the molecule is O=C(O)C(I)CC1(F)C(F)(F)C(F)(F)C(F)(F)C1(F)F. The average molecular weight is 430 g/mol. The third-order valence-electron chi connectivity index (χ3n) is 2.91. The predicted molar refractivity (Wildman–Crippen MR) is 53.7 cm³/mol. The maximum atomic E-state index is 13.7. The molecule has 0 amide bonds. The number of carboxylic acid groups (broad SMARTS) is 1. The Kier molecular flexibility index (Phi) is 3.78. The monoisotopic (exact) mass is 430 g/mol. The first kappa shape index (κ1) is 17.6. The molecule has 2 nitrogen and oxygen atoms in total. The van der Waals surface area contributed by atoms with Crippen LogP contribution in [0, 0.1) is 0 Å². The summed E-state index contributed by atoms with van der Waals surface area (Å²) in [7, 11) is 0. The van der Waals surface area contributed by atoms with Gasteiger partial charge in [0.15, 0.2) is 0 Å². The van der Waals surface area contributed by atoms with Crippen LogP contribution < -0.4 is 0 Å². The molecule has 0 spiro atoms. The molecule has 0 saturated heterocycles. The lowest BCUT2D eigenvalue weighted by atomic mass is 9.91. The summed E-state index contributed by atoms with van der Waals surface area (Å²) in [6.07, 6.45) is -2.41. The zero-order chi connectivity index (χ0) is 16.4. The van der Waals surface area contributed by atoms with E-state index in [1.54, 1.807) is 0 Å². The molecule has 12 heteroatoms. The van der Waals surface area contributed by atoms with Gasteiger partial charge in [0.25, 0.3) is 5.67 Å². The highest BCUT2D eigenvalue weighted by molar-refractivity contribution is 14.1. The van der Waals surface area contributed by atoms with Crippen molar-refractivity contribution in [1.29, 1.82) is 0 Å². The molecule has 0 aromatic carbocycles. The molecule has 118 valence electrons. The van der Waals surface area contributed by atoms with Crippen LogP contribution in [0.2, 0.25) is 0 Å². The number of halogens is 10. The van der Waals surface area contributed by atoms with Crippen molar-refractivity contribution in [1.82, 2.24) is 0 Å². The maximum Gasteiger partial charge on any atom is 0.381 e. The molecule has 0 bridgehead atoms. The van der Waals surface area contributed by atoms with Gasteiger partial charge in [0.05, 0.1) is 0 Å². The molecule has 1 saturated carbocycles. The molecule has 1 aliphatic carbocycles. The fraction of sp³-hybridized carbons (Fsp3) is 0.875. The third kappa shape index (κ3) is 1.68. The number of alkyl halides is 10. The summed E-state index contributed by atoms with van der Waals surface area (Å²) in [6.45, 7) is 0. The van der Waals surface area contributed by atoms with Crippen LogP contribution in [0.15, 0.2) is 0 Å². The van der Waals surface area contributed by atoms with Gasteiger partial charge in [-0.3, -0.25) is 4.79 Å². The summed E-state index contributed by atoms with van der Waals surface area (Å²) in [5, 5.41) is 8.32. The third-order valence-corrected chi connectivity index (χ3v) is 3.88. The van der Waals surface area contributed by atoms with Gasteiger partial charge in [-0.2, -0.15) is 35.1 Å². The summed E-state index contributed by atoms with van der Waals surface area (Å²) in [5.74, 6) is -28.3. The van der Waals surface area contributed by atoms with Gasteiger partial charge in [0.2, 0.25) is 0 Å². The summed E-state index contributed by atoms with van der Waals surface area (Å²) >= 11 is 0.692. The second-order valence-electron chi connectivity index (χ2n) is 4.11. The van der Waals surface area contributed by atoms with Crippen LogP contribution in [0.1, 0.15) is 6.42 Å².